The first-order valence-electron chi connectivity index (χ1n) is 5.21. The van der Waals surface area contributed by atoms with E-state index in [0.717, 1.165) is 0 Å². The van der Waals surface area contributed by atoms with Crippen LogP contribution in [0.3, 0.4) is 0 Å². The van der Waals surface area contributed by atoms with Gasteiger partial charge in [0.2, 0.25) is 0 Å². The molecule has 2 atom stereocenters. The van der Waals surface area contributed by atoms with E-state index in [2.05, 4.69) is 5.32 Å². The van der Waals surface area contributed by atoms with Crippen LogP contribution in [0.25, 0.3) is 0 Å². The number of ether oxygens (including phenoxy) is 1. The van der Waals surface area contributed by atoms with Crippen molar-refractivity contribution in [2.75, 3.05) is 13.2 Å². The number of carboxylic acids is 1. The van der Waals surface area contributed by atoms with Gasteiger partial charge in [0, 0.05) is 17.1 Å². The first-order valence-corrected chi connectivity index (χ1v) is 5.97. The van der Waals surface area contributed by atoms with E-state index in [1.165, 1.54) is 12.1 Å². The van der Waals surface area contributed by atoms with Gasteiger partial charge in [0.05, 0.1) is 17.7 Å². The van der Waals surface area contributed by atoms with Crippen LogP contribution in [0.1, 0.15) is 11.7 Å². The molecule has 98 valence electrons. The molecule has 0 amide bonds. The van der Waals surface area contributed by atoms with Crippen LogP contribution < -0.4 is 5.32 Å². The van der Waals surface area contributed by atoms with Crippen LogP contribution in [0.2, 0.25) is 10.0 Å². The normalized spacial score (nSPS) is 23.9. The predicted molar refractivity (Wildman–Crippen MR) is 64.5 cm³/mol. The Morgan fingerprint density at radius 2 is 2.17 bits per heavy atom. The van der Waals surface area contributed by atoms with Crippen molar-refractivity contribution in [3.63, 3.8) is 0 Å². The van der Waals surface area contributed by atoms with Crippen LogP contribution in [0.5, 0.6) is 0 Å². The van der Waals surface area contributed by atoms with E-state index < -0.39 is 23.9 Å². The van der Waals surface area contributed by atoms with Gasteiger partial charge in [-0.1, -0.05) is 23.2 Å². The molecule has 0 saturated carbocycles. The summed E-state index contributed by atoms with van der Waals surface area (Å²) in [7, 11) is 0. The Kier molecular flexibility index (Phi) is 4.07. The van der Waals surface area contributed by atoms with Crippen molar-refractivity contribution in [1.82, 2.24) is 5.32 Å². The third kappa shape index (κ3) is 2.75. The second-order valence-corrected chi connectivity index (χ2v) is 4.72. The molecule has 18 heavy (non-hydrogen) atoms. The zero-order valence-electron chi connectivity index (χ0n) is 9.12. The molecule has 1 aliphatic rings. The number of morpholine rings is 1. The first-order chi connectivity index (χ1) is 8.49. The number of nitrogens with one attached hydrogen (secondary N) is 1. The van der Waals surface area contributed by atoms with Crippen LogP contribution in [0.4, 0.5) is 4.39 Å². The summed E-state index contributed by atoms with van der Waals surface area (Å²) < 4.78 is 18.7. The lowest BCUT2D eigenvalue weighted by Crippen LogP contribution is -2.47. The molecule has 0 aromatic heterocycles. The van der Waals surface area contributed by atoms with Crippen molar-refractivity contribution in [1.29, 1.82) is 0 Å². The third-order valence-corrected chi connectivity index (χ3v) is 3.32. The van der Waals surface area contributed by atoms with Crippen LogP contribution in [-0.4, -0.2) is 30.3 Å². The fraction of sp³-hybridized carbons (Fsp3) is 0.364. The topological polar surface area (TPSA) is 58.6 Å². The van der Waals surface area contributed by atoms with Gasteiger partial charge in [0.15, 0.2) is 0 Å². The Morgan fingerprint density at radius 1 is 1.44 bits per heavy atom. The monoisotopic (exact) mass is 293 g/mol. The zero-order valence-corrected chi connectivity index (χ0v) is 10.6. The van der Waals surface area contributed by atoms with Crippen molar-refractivity contribution in [2.45, 2.75) is 12.1 Å². The standard InChI is InChI=1S/C11H10Cl2FNO3/c12-6-2-7(13)8(14)1-5(6)10-3-15-9(4-18-10)11(16)17/h1-2,9-10,15H,3-4H2,(H,16,17). The summed E-state index contributed by atoms with van der Waals surface area (Å²) in [6.07, 6.45) is -0.486. The lowest BCUT2D eigenvalue weighted by Gasteiger charge is -2.28. The van der Waals surface area contributed by atoms with E-state index in [-0.39, 0.29) is 18.2 Å². The van der Waals surface area contributed by atoms with E-state index >= 15 is 0 Å². The molecule has 1 fully saturated rings. The molecule has 1 aromatic carbocycles. The number of hydrogen-bond donors (Lipinski definition) is 2. The molecule has 0 bridgehead atoms. The molecule has 1 aromatic rings. The smallest absolute Gasteiger partial charge is 0.323 e. The molecule has 1 heterocycles. The Morgan fingerprint density at radius 3 is 2.72 bits per heavy atom. The first kappa shape index (κ1) is 13.5. The van der Waals surface area contributed by atoms with Crippen LogP contribution in [-0.2, 0) is 9.53 Å². The second-order valence-electron chi connectivity index (χ2n) is 3.91. The molecular formula is C11H10Cl2FNO3. The quantitative estimate of drug-likeness (QED) is 0.821. The Bertz CT molecular complexity index is 476. The van der Waals surface area contributed by atoms with Gasteiger partial charge in [0.1, 0.15) is 11.9 Å². The highest BCUT2D eigenvalue weighted by atomic mass is 35.5. The number of carbonyl (C=O) groups is 1. The molecule has 1 aliphatic heterocycles. The molecular weight excluding hydrogens is 284 g/mol. The molecule has 2 rings (SSSR count). The Balaban J connectivity index is 2.15. The van der Waals surface area contributed by atoms with Crippen molar-refractivity contribution >= 4 is 29.2 Å². The summed E-state index contributed by atoms with van der Waals surface area (Å²) >= 11 is 11.6. The molecule has 2 N–H and O–H groups in total. The number of carboxylic acid groups (broad SMARTS) is 1. The average molecular weight is 294 g/mol. The average Bonchev–Trinajstić information content (AvgIpc) is 2.34. The van der Waals surface area contributed by atoms with Gasteiger partial charge in [-0.3, -0.25) is 10.1 Å². The van der Waals surface area contributed by atoms with Gasteiger partial charge in [-0.15, -0.1) is 0 Å². The number of benzene rings is 1. The number of rotatable bonds is 2. The van der Waals surface area contributed by atoms with E-state index in [1.807, 2.05) is 0 Å². The maximum atomic E-state index is 13.4. The van der Waals surface area contributed by atoms with Crippen molar-refractivity contribution in [3.05, 3.63) is 33.6 Å². The minimum absolute atomic E-state index is 0.000570. The Labute approximate surface area is 113 Å². The minimum atomic E-state index is -0.984. The van der Waals surface area contributed by atoms with Gasteiger partial charge in [-0.25, -0.2) is 4.39 Å². The fourth-order valence-corrected chi connectivity index (χ4v) is 2.23. The van der Waals surface area contributed by atoms with Gasteiger partial charge in [-0.05, 0) is 12.1 Å². The summed E-state index contributed by atoms with van der Waals surface area (Å²) in [4.78, 5) is 10.7. The maximum absolute atomic E-state index is 13.4. The molecule has 1 saturated heterocycles. The highest BCUT2D eigenvalue weighted by Crippen LogP contribution is 2.31. The lowest BCUT2D eigenvalue weighted by atomic mass is 10.1. The predicted octanol–water partition coefficient (Wildman–Crippen LogP) is 2.25. The molecule has 7 heteroatoms. The molecule has 0 spiro atoms. The summed E-state index contributed by atoms with van der Waals surface area (Å²) in [6, 6.07) is 1.76. The van der Waals surface area contributed by atoms with Crippen LogP contribution in [0, 0.1) is 5.82 Å². The van der Waals surface area contributed by atoms with Crippen LogP contribution >= 0.6 is 23.2 Å². The van der Waals surface area contributed by atoms with Crippen molar-refractivity contribution in [2.24, 2.45) is 0 Å². The summed E-state index contributed by atoms with van der Waals surface area (Å²) in [5.41, 5.74) is 0.454. The van der Waals surface area contributed by atoms with Crippen LogP contribution in [0.15, 0.2) is 12.1 Å². The highest BCUT2D eigenvalue weighted by molar-refractivity contribution is 6.35. The summed E-state index contributed by atoms with van der Waals surface area (Å²) in [5, 5.41) is 11.8. The zero-order chi connectivity index (χ0) is 13.3. The van der Waals surface area contributed by atoms with Crippen molar-refractivity contribution < 1.29 is 19.0 Å². The van der Waals surface area contributed by atoms with E-state index in [0.29, 0.717) is 10.6 Å². The largest absolute Gasteiger partial charge is 0.480 e. The maximum Gasteiger partial charge on any atom is 0.323 e. The van der Waals surface area contributed by atoms with E-state index in [4.69, 9.17) is 33.0 Å². The van der Waals surface area contributed by atoms with E-state index in [1.54, 1.807) is 0 Å². The van der Waals surface area contributed by atoms with Crippen molar-refractivity contribution in [3.8, 4) is 0 Å². The number of halogens is 3. The fourth-order valence-electron chi connectivity index (χ4n) is 1.72. The minimum Gasteiger partial charge on any atom is -0.480 e. The van der Waals surface area contributed by atoms with Gasteiger partial charge in [0.25, 0.3) is 0 Å². The van der Waals surface area contributed by atoms with Gasteiger partial charge >= 0.3 is 5.97 Å². The van der Waals surface area contributed by atoms with Gasteiger partial charge < -0.3 is 9.84 Å². The second kappa shape index (κ2) is 5.40. The molecule has 0 radical (unpaired) electrons. The SMILES string of the molecule is O=C(O)C1COC(c2cc(F)c(Cl)cc2Cl)CN1. The summed E-state index contributed by atoms with van der Waals surface area (Å²) in [6.45, 7) is 0.248. The van der Waals surface area contributed by atoms with Gasteiger partial charge in [-0.2, -0.15) is 0 Å². The number of hydrogen-bond acceptors (Lipinski definition) is 3. The molecule has 0 aliphatic carbocycles. The molecule has 4 nitrogen and oxygen atoms in total. The lowest BCUT2D eigenvalue weighted by molar-refractivity contribution is -0.144. The number of aliphatic carboxylic acids is 1. The molecule has 2 unspecified atom stereocenters. The highest BCUT2D eigenvalue weighted by Gasteiger charge is 2.28. The van der Waals surface area contributed by atoms with E-state index in [9.17, 15) is 9.18 Å². The summed E-state index contributed by atoms with van der Waals surface area (Å²) in [5.74, 6) is -1.57. The Hall–Kier alpha value is -0.880. The third-order valence-electron chi connectivity index (χ3n) is 2.70.